The molecule has 2 saturated heterocycles. The summed E-state index contributed by atoms with van der Waals surface area (Å²) in [5, 5.41) is 19.7. The third-order valence-electron chi connectivity index (χ3n) is 4.06. The van der Waals surface area contributed by atoms with Gasteiger partial charge in [-0.1, -0.05) is 0 Å². The maximum absolute atomic E-state index is 12.8. The lowest BCUT2D eigenvalue weighted by Crippen LogP contribution is -2.43. The van der Waals surface area contributed by atoms with E-state index in [0.717, 1.165) is 4.57 Å². The molecule has 0 spiro atoms. The van der Waals surface area contributed by atoms with Crippen LogP contribution in [0.2, 0.25) is 0 Å². The molecule has 0 amide bonds. The second-order valence-corrected chi connectivity index (χ2v) is 5.48. The topological polar surface area (TPSA) is 117 Å². The number of alkyl halides is 1. The van der Waals surface area contributed by atoms with Gasteiger partial charge in [-0.2, -0.15) is 0 Å². The van der Waals surface area contributed by atoms with E-state index in [1.165, 1.54) is 6.20 Å². The molecule has 23 heavy (non-hydrogen) atoms. The summed E-state index contributed by atoms with van der Waals surface area (Å²) >= 11 is 0. The quantitative estimate of drug-likeness (QED) is 0.584. The van der Waals surface area contributed by atoms with Crippen LogP contribution in [-0.2, 0) is 9.47 Å². The van der Waals surface area contributed by atoms with Crippen molar-refractivity contribution in [3.63, 3.8) is 0 Å². The van der Waals surface area contributed by atoms with Crippen LogP contribution < -0.4 is 16.1 Å². The minimum Gasteiger partial charge on any atom is -0.387 e. The zero-order valence-corrected chi connectivity index (χ0v) is 12.2. The maximum atomic E-state index is 12.8. The lowest BCUT2D eigenvalue weighted by Gasteiger charge is -2.28. The third kappa shape index (κ3) is 2.90. The Hall–Kier alpha value is -1.75. The summed E-state index contributed by atoms with van der Waals surface area (Å²) in [5.74, 6) is 0. The van der Waals surface area contributed by atoms with E-state index < -0.39 is 42.5 Å². The summed E-state index contributed by atoms with van der Waals surface area (Å²) in [6.45, 7) is 0.854. The van der Waals surface area contributed by atoms with E-state index in [1.54, 1.807) is 4.90 Å². The zero-order valence-electron chi connectivity index (χ0n) is 12.2. The Morgan fingerprint density at radius 1 is 1.26 bits per heavy atom. The van der Waals surface area contributed by atoms with E-state index in [1.807, 2.05) is 0 Å². The number of anilines is 1. The number of nitrogens with one attached hydrogen (secondary N) is 1. The van der Waals surface area contributed by atoms with E-state index >= 15 is 0 Å². The van der Waals surface area contributed by atoms with Gasteiger partial charge in [-0.25, -0.2) is 9.18 Å². The fourth-order valence-corrected chi connectivity index (χ4v) is 2.78. The van der Waals surface area contributed by atoms with E-state index in [9.17, 15) is 24.2 Å². The highest BCUT2D eigenvalue weighted by molar-refractivity contribution is 5.42. The molecular formula is C13H18FN3O6. The SMILES string of the molecule is O=c1[nH]c(=O)n(C2OC(CF)C(O)C2O)cc1N1CCOCC1. The number of hydrogen-bond donors (Lipinski definition) is 3. The molecule has 3 rings (SSSR count). The number of aliphatic hydroxyl groups is 2. The highest BCUT2D eigenvalue weighted by Gasteiger charge is 2.44. The molecule has 0 aliphatic carbocycles. The van der Waals surface area contributed by atoms with Crippen molar-refractivity contribution in [1.82, 2.24) is 9.55 Å². The minimum atomic E-state index is -1.48. The summed E-state index contributed by atoms with van der Waals surface area (Å²) in [6.07, 6.45) is -4.16. The van der Waals surface area contributed by atoms with Crippen molar-refractivity contribution in [1.29, 1.82) is 0 Å². The van der Waals surface area contributed by atoms with Crippen LogP contribution in [0, 0.1) is 0 Å². The second kappa shape index (κ2) is 6.40. The van der Waals surface area contributed by atoms with E-state index in [4.69, 9.17) is 9.47 Å². The summed E-state index contributed by atoms with van der Waals surface area (Å²) in [4.78, 5) is 27.9. The van der Waals surface area contributed by atoms with Crippen molar-refractivity contribution in [2.45, 2.75) is 24.5 Å². The van der Waals surface area contributed by atoms with Crippen LogP contribution in [-0.4, -0.2) is 71.1 Å². The Labute approximate surface area is 129 Å². The molecule has 2 aliphatic rings. The van der Waals surface area contributed by atoms with Gasteiger partial charge in [-0.3, -0.25) is 14.3 Å². The van der Waals surface area contributed by atoms with Gasteiger partial charge in [0.2, 0.25) is 0 Å². The molecule has 4 atom stereocenters. The molecule has 2 fully saturated rings. The summed E-state index contributed by atoms with van der Waals surface area (Å²) in [5.41, 5.74) is -1.15. The van der Waals surface area contributed by atoms with Crippen LogP contribution >= 0.6 is 0 Å². The summed E-state index contributed by atoms with van der Waals surface area (Å²) in [6, 6.07) is 0. The number of ether oxygens (including phenoxy) is 2. The van der Waals surface area contributed by atoms with Gasteiger partial charge in [0.05, 0.1) is 13.2 Å². The molecule has 0 saturated carbocycles. The molecule has 0 bridgehead atoms. The molecule has 1 aromatic rings. The monoisotopic (exact) mass is 331 g/mol. The Balaban J connectivity index is 1.96. The number of aromatic nitrogens is 2. The number of nitrogens with zero attached hydrogens (tertiary/aromatic N) is 2. The first-order valence-electron chi connectivity index (χ1n) is 7.28. The van der Waals surface area contributed by atoms with Crippen LogP contribution in [0.1, 0.15) is 6.23 Å². The maximum Gasteiger partial charge on any atom is 0.330 e. The highest BCUT2D eigenvalue weighted by atomic mass is 19.1. The van der Waals surface area contributed by atoms with Crippen molar-refractivity contribution >= 4 is 5.69 Å². The molecule has 0 radical (unpaired) electrons. The van der Waals surface area contributed by atoms with Gasteiger partial charge in [0.25, 0.3) is 5.56 Å². The van der Waals surface area contributed by atoms with Gasteiger partial charge >= 0.3 is 5.69 Å². The molecule has 2 aliphatic heterocycles. The Bertz CT molecular complexity index is 670. The first-order valence-corrected chi connectivity index (χ1v) is 7.28. The molecule has 10 heteroatoms. The van der Waals surface area contributed by atoms with Crippen molar-refractivity contribution in [3.05, 3.63) is 27.0 Å². The largest absolute Gasteiger partial charge is 0.387 e. The van der Waals surface area contributed by atoms with Crippen LogP contribution in [0.25, 0.3) is 0 Å². The fraction of sp³-hybridized carbons (Fsp3) is 0.692. The van der Waals surface area contributed by atoms with Gasteiger partial charge in [0.1, 0.15) is 30.7 Å². The Kier molecular flexibility index (Phi) is 4.48. The minimum absolute atomic E-state index is 0.224. The predicted octanol–water partition coefficient (Wildman–Crippen LogP) is -2.04. The second-order valence-electron chi connectivity index (χ2n) is 5.48. The lowest BCUT2D eigenvalue weighted by molar-refractivity contribution is -0.0454. The number of rotatable bonds is 3. The van der Waals surface area contributed by atoms with Crippen molar-refractivity contribution in [2.75, 3.05) is 37.9 Å². The first-order chi connectivity index (χ1) is 11.0. The van der Waals surface area contributed by atoms with Crippen LogP contribution in [0.4, 0.5) is 10.1 Å². The van der Waals surface area contributed by atoms with Crippen molar-refractivity contribution in [3.8, 4) is 0 Å². The zero-order chi connectivity index (χ0) is 16.6. The number of aromatic amines is 1. The van der Waals surface area contributed by atoms with Crippen LogP contribution in [0.3, 0.4) is 0 Å². The third-order valence-corrected chi connectivity index (χ3v) is 4.06. The van der Waals surface area contributed by atoms with E-state index in [0.29, 0.717) is 26.3 Å². The summed E-state index contributed by atoms with van der Waals surface area (Å²) in [7, 11) is 0. The lowest BCUT2D eigenvalue weighted by atomic mass is 10.1. The van der Waals surface area contributed by atoms with Gasteiger partial charge < -0.3 is 24.6 Å². The van der Waals surface area contributed by atoms with Gasteiger partial charge in [0, 0.05) is 19.3 Å². The first kappa shape index (κ1) is 16.1. The molecular weight excluding hydrogens is 313 g/mol. The number of aliphatic hydroxyl groups excluding tert-OH is 2. The fourth-order valence-electron chi connectivity index (χ4n) is 2.78. The number of H-pyrrole nitrogens is 1. The van der Waals surface area contributed by atoms with Crippen molar-refractivity contribution in [2.24, 2.45) is 0 Å². The normalized spacial score (nSPS) is 31.5. The average molecular weight is 331 g/mol. The number of hydrogen-bond acceptors (Lipinski definition) is 7. The molecule has 9 nitrogen and oxygen atoms in total. The molecule has 1 aromatic heterocycles. The predicted molar refractivity (Wildman–Crippen MR) is 76.3 cm³/mol. The Morgan fingerprint density at radius 3 is 2.57 bits per heavy atom. The molecule has 3 heterocycles. The summed E-state index contributed by atoms with van der Waals surface area (Å²) < 4.78 is 24.2. The molecule has 128 valence electrons. The van der Waals surface area contributed by atoms with E-state index in [-0.39, 0.29) is 5.69 Å². The number of halogens is 1. The molecule has 4 unspecified atom stereocenters. The molecule has 0 aromatic carbocycles. The highest BCUT2D eigenvalue weighted by Crippen LogP contribution is 2.29. The van der Waals surface area contributed by atoms with Gasteiger partial charge in [-0.05, 0) is 0 Å². The van der Waals surface area contributed by atoms with Crippen LogP contribution in [0.15, 0.2) is 15.8 Å². The van der Waals surface area contributed by atoms with Gasteiger partial charge in [-0.15, -0.1) is 0 Å². The molecule has 3 N–H and O–H groups in total. The van der Waals surface area contributed by atoms with Crippen LogP contribution in [0.5, 0.6) is 0 Å². The smallest absolute Gasteiger partial charge is 0.330 e. The van der Waals surface area contributed by atoms with Crippen molar-refractivity contribution < 1.29 is 24.1 Å². The number of morpholine rings is 1. The average Bonchev–Trinajstić information content (AvgIpc) is 2.84. The van der Waals surface area contributed by atoms with Gasteiger partial charge in [0.15, 0.2) is 6.23 Å². The Morgan fingerprint density at radius 2 is 1.96 bits per heavy atom. The van der Waals surface area contributed by atoms with E-state index in [2.05, 4.69) is 4.98 Å². The standard InChI is InChI=1S/C13H18FN3O6/c14-5-8-9(18)10(19)12(23-8)17-6-7(11(20)15-13(17)21)16-1-3-22-4-2-16/h6,8-10,12,18-19H,1-5H2,(H,15,20,21).